The van der Waals surface area contributed by atoms with Gasteiger partial charge in [0.2, 0.25) is 0 Å². The minimum Gasteiger partial charge on any atom is -0.487 e. The lowest BCUT2D eigenvalue weighted by atomic mass is 10.1. The lowest BCUT2D eigenvalue weighted by molar-refractivity contribution is -0.145. The Hall–Kier alpha value is -4.12. The maximum absolute atomic E-state index is 11.6. The van der Waals surface area contributed by atoms with Crippen molar-refractivity contribution in [2.75, 3.05) is 13.2 Å². The number of rotatable bonds is 9. The highest BCUT2D eigenvalue weighted by atomic mass is 16.6. The smallest absolute Gasteiger partial charge is 0.344 e. The lowest BCUT2D eigenvalue weighted by Crippen LogP contribution is -2.14. The molecule has 0 amide bonds. The third-order valence-corrected chi connectivity index (χ3v) is 4.95. The number of ether oxygens (including phenoxy) is 3. The van der Waals surface area contributed by atoms with Crippen LogP contribution in [0.2, 0.25) is 0 Å². The van der Waals surface area contributed by atoms with Gasteiger partial charge in [-0.05, 0) is 42.8 Å². The standard InChI is InChI=1S/C28H25NO4/c1-2-31-27(30)20-33-25-13-7-6-11-22(25)15-17-24-18-16-23-12-8-14-26(28(23)29-24)32-19-21-9-4-3-5-10-21/h3-18H,2,19-20H2,1H3/b17-15+. The molecule has 0 aliphatic heterocycles. The fraction of sp³-hybridized carbons (Fsp3) is 0.143. The SMILES string of the molecule is CCOC(=O)COc1ccccc1/C=C/c1ccc2cccc(OCc3ccccc3)c2n1. The summed E-state index contributed by atoms with van der Waals surface area (Å²) in [5.74, 6) is 0.953. The molecule has 0 aliphatic rings. The van der Waals surface area contributed by atoms with Gasteiger partial charge in [0.25, 0.3) is 0 Å². The summed E-state index contributed by atoms with van der Waals surface area (Å²) in [6, 6.07) is 27.5. The molecule has 33 heavy (non-hydrogen) atoms. The number of hydrogen-bond donors (Lipinski definition) is 0. The molecule has 0 atom stereocenters. The van der Waals surface area contributed by atoms with E-state index in [-0.39, 0.29) is 6.61 Å². The first-order valence-corrected chi connectivity index (χ1v) is 10.8. The quantitative estimate of drug-likeness (QED) is 0.303. The van der Waals surface area contributed by atoms with Crippen LogP contribution in [0.5, 0.6) is 11.5 Å². The molecule has 0 spiro atoms. The largest absolute Gasteiger partial charge is 0.487 e. The van der Waals surface area contributed by atoms with Crippen LogP contribution in [0.4, 0.5) is 0 Å². The molecule has 0 aliphatic carbocycles. The van der Waals surface area contributed by atoms with E-state index in [1.54, 1.807) is 6.92 Å². The zero-order valence-electron chi connectivity index (χ0n) is 18.4. The number of fused-ring (bicyclic) bond motifs is 1. The predicted octanol–water partition coefficient (Wildman–Crippen LogP) is 5.93. The van der Waals surface area contributed by atoms with Gasteiger partial charge in [0, 0.05) is 10.9 Å². The van der Waals surface area contributed by atoms with Gasteiger partial charge in [-0.15, -0.1) is 0 Å². The van der Waals surface area contributed by atoms with Gasteiger partial charge in [-0.25, -0.2) is 9.78 Å². The number of carbonyl (C=O) groups excluding carboxylic acids is 1. The summed E-state index contributed by atoms with van der Waals surface area (Å²) in [5.41, 5.74) is 3.54. The summed E-state index contributed by atoms with van der Waals surface area (Å²) in [6.45, 7) is 2.44. The summed E-state index contributed by atoms with van der Waals surface area (Å²) in [7, 11) is 0. The first-order valence-electron chi connectivity index (χ1n) is 10.8. The highest BCUT2D eigenvalue weighted by Crippen LogP contribution is 2.26. The molecule has 1 heterocycles. The van der Waals surface area contributed by atoms with E-state index in [2.05, 4.69) is 0 Å². The minimum atomic E-state index is -0.393. The Morgan fingerprint density at radius 2 is 1.61 bits per heavy atom. The van der Waals surface area contributed by atoms with Gasteiger partial charge >= 0.3 is 5.97 Å². The van der Waals surface area contributed by atoms with Gasteiger partial charge < -0.3 is 14.2 Å². The summed E-state index contributed by atoms with van der Waals surface area (Å²) in [6.07, 6.45) is 3.84. The fourth-order valence-electron chi connectivity index (χ4n) is 3.34. The highest BCUT2D eigenvalue weighted by Gasteiger charge is 2.07. The molecule has 0 saturated carbocycles. The van der Waals surface area contributed by atoms with E-state index in [0.717, 1.165) is 33.5 Å². The third kappa shape index (κ3) is 5.98. The number of carbonyl (C=O) groups is 1. The molecule has 0 unspecified atom stereocenters. The Morgan fingerprint density at radius 1 is 0.818 bits per heavy atom. The van der Waals surface area contributed by atoms with Crippen molar-refractivity contribution in [3.63, 3.8) is 0 Å². The average Bonchev–Trinajstić information content (AvgIpc) is 2.86. The van der Waals surface area contributed by atoms with Crippen LogP contribution in [0.15, 0.2) is 84.9 Å². The summed E-state index contributed by atoms with van der Waals surface area (Å²) in [5, 5.41) is 1.01. The number of para-hydroxylation sites is 2. The molecule has 4 rings (SSSR count). The van der Waals surface area contributed by atoms with Crippen LogP contribution < -0.4 is 9.47 Å². The molecule has 3 aromatic carbocycles. The zero-order valence-corrected chi connectivity index (χ0v) is 18.4. The monoisotopic (exact) mass is 439 g/mol. The number of hydrogen-bond acceptors (Lipinski definition) is 5. The lowest BCUT2D eigenvalue weighted by Gasteiger charge is -2.10. The minimum absolute atomic E-state index is 0.130. The van der Waals surface area contributed by atoms with Crippen molar-refractivity contribution in [2.45, 2.75) is 13.5 Å². The van der Waals surface area contributed by atoms with E-state index < -0.39 is 5.97 Å². The van der Waals surface area contributed by atoms with Crippen molar-refractivity contribution < 1.29 is 19.0 Å². The maximum atomic E-state index is 11.6. The van der Waals surface area contributed by atoms with Gasteiger partial charge in [-0.2, -0.15) is 0 Å². The van der Waals surface area contributed by atoms with E-state index >= 15 is 0 Å². The van der Waals surface area contributed by atoms with Crippen molar-refractivity contribution in [3.05, 3.63) is 102 Å². The average molecular weight is 440 g/mol. The fourth-order valence-corrected chi connectivity index (χ4v) is 3.34. The van der Waals surface area contributed by atoms with Crippen molar-refractivity contribution in [1.82, 2.24) is 4.98 Å². The summed E-state index contributed by atoms with van der Waals surface area (Å²) in [4.78, 5) is 16.4. The van der Waals surface area contributed by atoms with Gasteiger partial charge in [-0.3, -0.25) is 0 Å². The Bertz CT molecular complexity index is 1250. The number of nitrogens with zero attached hydrogens (tertiary/aromatic N) is 1. The summed E-state index contributed by atoms with van der Waals surface area (Å²) >= 11 is 0. The van der Waals surface area contributed by atoms with E-state index in [1.165, 1.54) is 0 Å². The second kappa shape index (κ2) is 11.0. The summed E-state index contributed by atoms with van der Waals surface area (Å²) < 4.78 is 16.6. The highest BCUT2D eigenvalue weighted by molar-refractivity contribution is 5.86. The molecular weight excluding hydrogens is 414 g/mol. The van der Waals surface area contributed by atoms with Crippen molar-refractivity contribution >= 4 is 29.0 Å². The normalized spacial score (nSPS) is 10.9. The first-order chi connectivity index (χ1) is 16.2. The van der Waals surface area contributed by atoms with Crippen LogP contribution in [0.1, 0.15) is 23.7 Å². The van der Waals surface area contributed by atoms with E-state index in [0.29, 0.717) is 19.0 Å². The topological polar surface area (TPSA) is 57.7 Å². The molecule has 5 nitrogen and oxygen atoms in total. The molecule has 0 radical (unpaired) electrons. The van der Waals surface area contributed by atoms with Crippen LogP contribution >= 0.6 is 0 Å². The van der Waals surface area contributed by atoms with Crippen LogP contribution in [0, 0.1) is 0 Å². The Balaban J connectivity index is 1.53. The van der Waals surface area contributed by atoms with E-state index in [1.807, 2.05) is 97.1 Å². The van der Waals surface area contributed by atoms with Crippen molar-refractivity contribution in [1.29, 1.82) is 0 Å². The maximum Gasteiger partial charge on any atom is 0.344 e. The Morgan fingerprint density at radius 3 is 2.45 bits per heavy atom. The third-order valence-electron chi connectivity index (χ3n) is 4.95. The van der Waals surface area contributed by atoms with E-state index in [9.17, 15) is 4.79 Å². The molecule has 0 N–H and O–H groups in total. The van der Waals surface area contributed by atoms with Crippen LogP contribution in [0.25, 0.3) is 23.1 Å². The number of pyridine rings is 1. The van der Waals surface area contributed by atoms with Crippen LogP contribution in [-0.4, -0.2) is 24.2 Å². The molecule has 166 valence electrons. The second-order valence-electron chi connectivity index (χ2n) is 7.30. The van der Waals surface area contributed by atoms with Crippen molar-refractivity contribution in [3.8, 4) is 11.5 Å². The molecule has 0 saturated heterocycles. The van der Waals surface area contributed by atoms with Gasteiger partial charge in [0.15, 0.2) is 6.61 Å². The van der Waals surface area contributed by atoms with Crippen molar-refractivity contribution in [2.24, 2.45) is 0 Å². The molecule has 1 aromatic heterocycles. The number of aromatic nitrogens is 1. The molecule has 4 aromatic rings. The van der Waals surface area contributed by atoms with Crippen LogP contribution in [0.3, 0.4) is 0 Å². The van der Waals surface area contributed by atoms with Gasteiger partial charge in [0.05, 0.1) is 12.3 Å². The number of esters is 1. The second-order valence-corrected chi connectivity index (χ2v) is 7.30. The van der Waals surface area contributed by atoms with Gasteiger partial charge in [0.1, 0.15) is 23.6 Å². The molecule has 0 fully saturated rings. The van der Waals surface area contributed by atoms with Gasteiger partial charge in [-0.1, -0.05) is 66.7 Å². The zero-order chi connectivity index (χ0) is 22.9. The molecule has 0 bridgehead atoms. The first kappa shape index (κ1) is 22.1. The Kier molecular flexibility index (Phi) is 7.33. The number of benzene rings is 3. The Labute approximate surface area is 193 Å². The molecule has 5 heteroatoms. The molecular formula is C28H25NO4. The predicted molar refractivity (Wildman–Crippen MR) is 130 cm³/mol. The van der Waals surface area contributed by atoms with Crippen LogP contribution in [-0.2, 0) is 16.1 Å². The van der Waals surface area contributed by atoms with E-state index in [4.69, 9.17) is 19.2 Å².